The number of hydrogen-bond acceptors (Lipinski definition) is 2. The molecule has 1 aliphatic heterocycles. The number of rotatable bonds is 1. The van der Waals surface area contributed by atoms with Crippen LogP contribution < -0.4 is 5.32 Å². The molecule has 1 unspecified atom stereocenters. The van der Waals surface area contributed by atoms with E-state index in [-0.39, 0.29) is 0 Å². The van der Waals surface area contributed by atoms with Gasteiger partial charge in [0.05, 0.1) is 0 Å². The molecule has 1 nitrogen and oxygen atoms in total. The Morgan fingerprint density at radius 1 is 1.50 bits per heavy atom. The Morgan fingerprint density at radius 2 is 2.36 bits per heavy atom. The molecule has 0 spiro atoms. The molecule has 1 aliphatic carbocycles. The van der Waals surface area contributed by atoms with Gasteiger partial charge in [0.1, 0.15) is 0 Å². The molecule has 1 N–H and O–H groups in total. The molecule has 0 saturated heterocycles. The summed E-state index contributed by atoms with van der Waals surface area (Å²) in [7, 11) is 0. The molecule has 1 aromatic heterocycles. The fourth-order valence-electron chi connectivity index (χ4n) is 2.90. The molecule has 2 aliphatic rings. The summed E-state index contributed by atoms with van der Waals surface area (Å²) in [5.74, 6) is 0. The van der Waals surface area contributed by atoms with Crippen molar-refractivity contribution in [3.63, 3.8) is 0 Å². The summed E-state index contributed by atoms with van der Waals surface area (Å²) in [6.07, 6.45) is 5.47. The lowest BCUT2D eigenvalue weighted by atomic mass is 9.63. The standard InChI is InChI=1S/C12H17NS/c1-12(5-2-6-12)11-9-4-8-14-10(9)3-7-13-11/h4,8,11,13H,2-3,5-7H2,1H3. The van der Waals surface area contributed by atoms with Crippen molar-refractivity contribution in [3.8, 4) is 0 Å². The SMILES string of the molecule is CC1(C2NCCc3sccc32)CCC1. The van der Waals surface area contributed by atoms with E-state index in [2.05, 4.69) is 23.7 Å². The van der Waals surface area contributed by atoms with Gasteiger partial charge >= 0.3 is 0 Å². The second kappa shape index (κ2) is 3.07. The van der Waals surface area contributed by atoms with Crippen molar-refractivity contribution in [1.29, 1.82) is 0 Å². The van der Waals surface area contributed by atoms with Gasteiger partial charge in [-0.25, -0.2) is 0 Å². The van der Waals surface area contributed by atoms with E-state index >= 15 is 0 Å². The summed E-state index contributed by atoms with van der Waals surface area (Å²) in [4.78, 5) is 1.63. The molecule has 2 heterocycles. The number of hydrogen-bond donors (Lipinski definition) is 1. The average molecular weight is 207 g/mol. The average Bonchev–Trinajstić information content (AvgIpc) is 2.61. The zero-order valence-electron chi connectivity index (χ0n) is 8.68. The lowest BCUT2D eigenvalue weighted by molar-refractivity contribution is 0.0938. The van der Waals surface area contributed by atoms with E-state index in [1.807, 2.05) is 11.3 Å². The molecular weight excluding hydrogens is 190 g/mol. The fourth-order valence-corrected chi connectivity index (χ4v) is 3.82. The highest BCUT2D eigenvalue weighted by atomic mass is 32.1. The first-order chi connectivity index (χ1) is 6.80. The van der Waals surface area contributed by atoms with E-state index in [1.165, 1.54) is 32.2 Å². The molecule has 2 heteroatoms. The van der Waals surface area contributed by atoms with E-state index in [4.69, 9.17) is 0 Å². The van der Waals surface area contributed by atoms with Crippen LogP contribution in [0, 0.1) is 5.41 Å². The highest BCUT2D eigenvalue weighted by molar-refractivity contribution is 7.10. The quantitative estimate of drug-likeness (QED) is 0.746. The van der Waals surface area contributed by atoms with E-state index in [9.17, 15) is 0 Å². The molecule has 1 fully saturated rings. The van der Waals surface area contributed by atoms with Gasteiger partial charge in [-0.15, -0.1) is 11.3 Å². The monoisotopic (exact) mass is 207 g/mol. The Kier molecular flexibility index (Phi) is 1.96. The smallest absolute Gasteiger partial charge is 0.0385 e. The van der Waals surface area contributed by atoms with Crippen LogP contribution >= 0.6 is 11.3 Å². The molecule has 14 heavy (non-hydrogen) atoms. The van der Waals surface area contributed by atoms with Gasteiger partial charge in [0.15, 0.2) is 0 Å². The van der Waals surface area contributed by atoms with Crippen LogP contribution in [0.3, 0.4) is 0 Å². The molecule has 1 atom stereocenters. The van der Waals surface area contributed by atoms with Crippen LogP contribution in [0.2, 0.25) is 0 Å². The Balaban J connectivity index is 1.96. The molecular formula is C12H17NS. The number of thiophene rings is 1. The van der Waals surface area contributed by atoms with E-state index < -0.39 is 0 Å². The van der Waals surface area contributed by atoms with Gasteiger partial charge in [-0.2, -0.15) is 0 Å². The predicted molar refractivity (Wildman–Crippen MR) is 60.7 cm³/mol. The second-order valence-electron chi connectivity index (χ2n) is 4.94. The molecule has 1 aromatic rings. The molecule has 76 valence electrons. The van der Waals surface area contributed by atoms with Crippen LogP contribution in [0.15, 0.2) is 11.4 Å². The maximum Gasteiger partial charge on any atom is 0.0385 e. The Morgan fingerprint density at radius 3 is 3.07 bits per heavy atom. The first-order valence-electron chi connectivity index (χ1n) is 5.59. The molecule has 0 radical (unpaired) electrons. The molecule has 0 aromatic carbocycles. The molecule has 1 saturated carbocycles. The van der Waals surface area contributed by atoms with Crippen molar-refractivity contribution >= 4 is 11.3 Å². The normalized spacial score (nSPS) is 29.4. The Labute approximate surface area is 89.5 Å². The highest BCUT2D eigenvalue weighted by Gasteiger charge is 2.42. The van der Waals surface area contributed by atoms with E-state index in [0.717, 1.165) is 0 Å². The molecule has 3 rings (SSSR count). The minimum atomic E-state index is 0.552. The van der Waals surface area contributed by atoms with Crippen LogP contribution in [0.1, 0.15) is 42.7 Å². The van der Waals surface area contributed by atoms with Crippen molar-refractivity contribution in [2.75, 3.05) is 6.54 Å². The van der Waals surface area contributed by atoms with E-state index in [1.54, 1.807) is 10.4 Å². The Hall–Kier alpha value is -0.340. The first-order valence-corrected chi connectivity index (χ1v) is 6.47. The number of nitrogens with one attached hydrogen (secondary N) is 1. The van der Waals surface area contributed by atoms with Crippen LogP contribution in [0.25, 0.3) is 0 Å². The highest BCUT2D eigenvalue weighted by Crippen LogP contribution is 2.51. The Bertz CT molecular complexity index is 338. The summed E-state index contributed by atoms with van der Waals surface area (Å²) < 4.78 is 0. The fraction of sp³-hybridized carbons (Fsp3) is 0.667. The van der Waals surface area contributed by atoms with Crippen LogP contribution in [0.4, 0.5) is 0 Å². The lowest BCUT2D eigenvalue weighted by Gasteiger charge is -2.47. The van der Waals surface area contributed by atoms with Crippen molar-refractivity contribution in [3.05, 3.63) is 21.9 Å². The molecule has 0 bridgehead atoms. The summed E-state index contributed by atoms with van der Waals surface area (Å²) >= 11 is 1.94. The van der Waals surface area contributed by atoms with Crippen LogP contribution in [-0.4, -0.2) is 6.54 Å². The van der Waals surface area contributed by atoms with Crippen molar-refractivity contribution in [2.24, 2.45) is 5.41 Å². The minimum absolute atomic E-state index is 0.552. The third-order valence-corrected chi connectivity index (χ3v) is 4.98. The van der Waals surface area contributed by atoms with Crippen LogP contribution in [-0.2, 0) is 6.42 Å². The second-order valence-corrected chi connectivity index (χ2v) is 5.94. The van der Waals surface area contributed by atoms with Crippen molar-refractivity contribution in [2.45, 2.75) is 38.6 Å². The maximum absolute atomic E-state index is 3.71. The van der Waals surface area contributed by atoms with Crippen molar-refractivity contribution < 1.29 is 0 Å². The summed E-state index contributed by atoms with van der Waals surface area (Å²) in [5.41, 5.74) is 2.15. The van der Waals surface area contributed by atoms with Crippen molar-refractivity contribution in [1.82, 2.24) is 5.32 Å². The van der Waals surface area contributed by atoms with Gasteiger partial charge < -0.3 is 5.32 Å². The van der Waals surface area contributed by atoms with Crippen LogP contribution in [0.5, 0.6) is 0 Å². The maximum atomic E-state index is 3.71. The molecule has 0 amide bonds. The minimum Gasteiger partial charge on any atom is -0.309 e. The third-order valence-electron chi connectivity index (χ3n) is 3.98. The zero-order valence-corrected chi connectivity index (χ0v) is 9.49. The predicted octanol–water partition coefficient (Wildman–Crippen LogP) is 3.13. The van der Waals surface area contributed by atoms with Gasteiger partial charge in [-0.05, 0) is 41.7 Å². The van der Waals surface area contributed by atoms with Gasteiger partial charge in [0.25, 0.3) is 0 Å². The van der Waals surface area contributed by atoms with Gasteiger partial charge in [0.2, 0.25) is 0 Å². The summed E-state index contributed by atoms with van der Waals surface area (Å²) in [6.45, 7) is 3.62. The lowest BCUT2D eigenvalue weighted by Crippen LogP contribution is -2.43. The summed E-state index contributed by atoms with van der Waals surface area (Å²) in [6, 6.07) is 2.98. The largest absolute Gasteiger partial charge is 0.309 e. The zero-order chi connectivity index (χ0) is 9.60. The first kappa shape index (κ1) is 8.93. The summed E-state index contributed by atoms with van der Waals surface area (Å²) in [5, 5.41) is 5.97. The van der Waals surface area contributed by atoms with E-state index in [0.29, 0.717) is 11.5 Å². The number of fused-ring (bicyclic) bond motifs is 1. The topological polar surface area (TPSA) is 12.0 Å². The van der Waals surface area contributed by atoms with Gasteiger partial charge in [-0.1, -0.05) is 13.3 Å². The van der Waals surface area contributed by atoms with Gasteiger partial charge in [0, 0.05) is 17.5 Å². The van der Waals surface area contributed by atoms with Gasteiger partial charge in [-0.3, -0.25) is 0 Å². The third kappa shape index (κ3) is 1.17.